The number of rotatable bonds is 4. The lowest BCUT2D eigenvalue weighted by Crippen LogP contribution is -2.41. The Bertz CT molecular complexity index is 778. The molecule has 0 atom stereocenters. The van der Waals surface area contributed by atoms with E-state index in [1.54, 1.807) is 30.3 Å². The maximum Gasteiger partial charge on any atom is 0.573 e. The van der Waals surface area contributed by atoms with Gasteiger partial charge in [-0.05, 0) is 30.0 Å². The quantitative estimate of drug-likeness (QED) is 0.872. The van der Waals surface area contributed by atoms with E-state index < -0.39 is 17.7 Å². The summed E-state index contributed by atoms with van der Waals surface area (Å²) < 4.78 is 47.1. The Hall–Kier alpha value is -2.54. The van der Waals surface area contributed by atoms with Crippen molar-refractivity contribution in [3.05, 3.63) is 54.1 Å². The average molecular weight is 366 g/mol. The maximum atomic E-state index is 12.6. The molecule has 26 heavy (non-hydrogen) atoms. The average Bonchev–Trinajstić information content (AvgIpc) is 2.61. The van der Waals surface area contributed by atoms with Gasteiger partial charge in [0.25, 0.3) is 0 Å². The van der Waals surface area contributed by atoms with E-state index in [-0.39, 0.29) is 11.3 Å². The molecule has 0 unspecified atom stereocenters. The molecule has 1 saturated heterocycles. The number of benzene rings is 2. The highest BCUT2D eigenvalue weighted by Crippen LogP contribution is 2.38. The fourth-order valence-corrected chi connectivity index (χ4v) is 3.23. The molecule has 7 heteroatoms. The number of carboxylic acids is 1. The predicted molar refractivity (Wildman–Crippen MR) is 87.9 cm³/mol. The van der Waals surface area contributed by atoms with Crippen LogP contribution >= 0.6 is 0 Å². The summed E-state index contributed by atoms with van der Waals surface area (Å²) in [6.07, 6.45) is -4.07. The second-order valence-electron chi connectivity index (χ2n) is 6.12. The van der Waals surface area contributed by atoms with E-state index in [1.807, 2.05) is 0 Å². The van der Waals surface area contributed by atoms with E-state index >= 15 is 0 Å². The lowest BCUT2D eigenvalue weighted by molar-refractivity contribution is -0.274. The van der Waals surface area contributed by atoms with Crippen LogP contribution in [0.3, 0.4) is 0 Å². The van der Waals surface area contributed by atoms with E-state index in [9.17, 15) is 23.1 Å². The zero-order valence-electron chi connectivity index (χ0n) is 13.8. The lowest BCUT2D eigenvalue weighted by Gasteiger charge is -2.33. The molecule has 138 valence electrons. The molecule has 2 aromatic carbocycles. The van der Waals surface area contributed by atoms with Crippen molar-refractivity contribution in [1.82, 2.24) is 0 Å². The van der Waals surface area contributed by atoms with Gasteiger partial charge in [-0.1, -0.05) is 42.5 Å². The zero-order chi connectivity index (χ0) is 18.8. The molecule has 4 nitrogen and oxygen atoms in total. The fraction of sp³-hybridized carbons (Fsp3) is 0.316. The SMILES string of the molecule is O=C(O)C1(c2ccc(-c3ccccc3OC(F)(F)F)cc2)CCOCC1. The third-order valence-corrected chi connectivity index (χ3v) is 4.62. The number of halogens is 3. The third-order valence-electron chi connectivity index (χ3n) is 4.62. The molecule has 1 aliphatic heterocycles. The van der Waals surface area contributed by atoms with E-state index in [0.29, 0.717) is 37.2 Å². The molecule has 3 rings (SSSR count). The molecule has 0 aromatic heterocycles. The number of alkyl halides is 3. The Kier molecular flexibility index (Phi) is 4.91. The van der Waals surface area contributed by atoms with Gasteiger partial charge in [0.2, 0.25) is 0 Å². The second kappa shape index (κ2) is 6.99. The topological polar surface area (TPSA) is 55.8 Å². The van der Waals surface area contributed by atoms with Crippen molar-refractivity contribution < 1.29 is 32.5 Å². The van der Waals surface area contributed by atoms with E-state index in [2.05, 4.69) is 4.74 Å². The predicted octanol–water partition coefficient (Wildman–Crippen LogP) is 4.39. The Morgan fingerprint density at radius 3 is 2.23 bits per heavy atom. The molecule has 0 aliphatic carbocycles. The highest BCUT2D eigenvalue weighted by Gasteiger charge is 2.41. The smallest absolute Gasteiger partial charge is 0.481 e. The van der Waals surface area contributed by atoms with Crippen molar-refractivity contribution in [2.24, 2.45) is 0 Å². The Balaban J connectivity index is 1.95. The monoisotopic (exact) mass is 366 g/mol. The van der Waals surface area contributed by atoms with Crippen molar-refractivity contribution >= 4 is 5.97 Å². The molecule has 0 radical (unpaired) electrons. The van der Waals surface area contributed by atoms with Crippen LogP contribution in [0.2, 0.25) is 0 Å². The van der Waals surface area contributed by atoms with E-state index in [4.69, 9.17) is 4.74 Å². The number of para-hydroxylation sites is 1. The van der Waals surface area contributed by atoms with Gasteiger partial charge in [0, 0.05) is 18.8 Å². The van der Waals surface area contributed by atoms with Gasteiger partial charge in [-0.3, -0.25) is 4.79 Å². The largest absolute Gasteiger partial charge is 0.573 e. The molecule has 0 amide bonds. The number of carbonyl (C=O) groups is 1. The minimum atomic E-state index is -4.79. The normalized spacial score (nSPS) is 16.9. The molecule has 1 heterocycles. The van der Waals surface area contributed by atoms with E-state index in [0.717, 1.165) is 0 Å². The molecule has 1 N–H and O–H groups in total. The maximum absolute atomic E-state index is 12.6. The molecule has 0 bridgehead atoms. The summed E-state index contributed by atoms with van der Waals surface area (Å²) in [5, 5.41) is 9.70. The van der Waals surface area contributed by atoms with Gasteiger partial charge < -0.3 is 14.6 Å². The Morgan fingerprint density at radius 1 is 1.04 bits per heavy atom. The lowest BCUT2D eigenvalue weighted by atomic mass is 9.74. The minimum Gasteiger partial charge on any atom is -0.481 e. The van der Waals surface area contributed by atoms with Crippen molar-refractivity contribution in [3.63, 3.8) is 0 Å². The van der Waals surface area contributed by atoms with Crippen molar-refractivity contribution in [3.8, 4) is 16.9 Å². The molecule has 1 aliphatic rings. The van der Waals surface area contributed by atoms with Crippen LogP contribution < -0.4 is 4.74 Å². The first-order valence-electron chi connectivity index (χ1n) is 8.09. The number of hydrogen-bond acceptors (Lipinski definition) is 3. The fourth-order valence-electron chi connectivity index (χ4n) is 3.23. The van der Waals surface area contributed by atoms with Crippen LogP contribution in [-0.2, 0) is 14.9 Å². The molecule has 1 fully saturated rings. The second-order valence-corrected chi connectivity index (χ2v) is 6.12. The van der Waals surface area contributed by atoms with Crippen LogP contribution in [-0.4, -0.2) is 30.7 Å². The van der Waals surface area contributed by atoms with Crippen LogP contribution in [0.1, 0.15) is 18.4 Å². The van der Waals surface area contributed by atoms with Gasteiger partial charge in [0.1, 0.15) is 5.75 Å². The molecule has 0 spiro atoms. The number of carboxylic acid groups (broad SMARTS) is 1. The summed E-state index contributed by atoms with van der Waals surface area (Å²) >= 11 is 0. The third kappa shape index (κ3) is 3.67. The molecule has 2 aromatic rings. The minimum absolute atomic E-state index is 0.285. The number of ether oxygens (including phenoxy) is 2. The first kappa shape index (κ1) is 18.3. The summed E-state index contributed by atoms with van der Waals surface area (Å²) in [7, 11) is 0. The van der Waals surface area contributed by atoms with Gasteiger partial charge in [-0.2, -0.15) is 0 Å². The van der Waals surface area contributed by atoms with Crippen LogP contribution in [0.5, 0.6) is 5.75 Å². The highest BCUT2D eigenvalue weighted by atomic mass is 19.4. The van der Waals surface area contributed by atoms with Crippen molar-refractivity contribution in [2.45, 2.75) is 24.6 Å². The molecule has 0 saturated carbocycles. The van der Waals surface area contributed by atoms with Gasteiger partial charge in [0.15, 0.2) is 0 Å². The van der Waals surface area contributed by atoms with Crippen LogP contribution in [0, 0.1) is 0 Å². The summed E-state index contributed by atoms with van der Waals surface area (Å²) in [6, 6.07) is 12.4. The first-order chi connectivity index (χ1) is 12.3. The summed E-state index contributed by atoms with van der Waals surface area (Å²) in [5.74, 6) is -1.22. The number of aliphatic carboxylic acids is 1. The molecular formula is C19H17F3O4. The Labute approximate surface area is 148 Å². The van der Waals surface area contributed by atoms with Gasteiger partial charge >= 0.3 is 12.3 Å². The zero-order valence-corrected chi connectivity index (χ0v) is 13.8. The van der Waals surface area contributed by atoms with Gasteiger partial charge in [-0.25, -0.2) is 0 Å². The Morgan fingerprint density at radius 2 is 1.65 bits per heavy atom. The van der Waals surface area contributed by atoms with Crippen molar-refractivity contribution in [1.29, 1.82) is 0 Å². The van der Waals surface area contributed by atoms with Crippen LogP contribution in [0.25, 0.3) is 11.1 Å². The van der Waals surface area contributed by atoms with Crippen molar-refractivity contribution in [2.75, 3.05) is 13.2 Å². The van der Waals surface area contributed by atoms with Crippen LogP contribution in [0.15, 0.2) is 48.5 Å². The summed E-state index contributed by atoms with van der Waals surface area (Å²) in [5.41, 5.74) is 0.388. The summed E-state index contributed by atoms with van der Waals surface area (Å²) in [4.78, 5) is 11.8. The van der Waals surface area contributed by atoms with Crippen LogP contribution in [0.4, 0.5) is 13.2 Å². The highest BCUT2D eigenvalue weighted by molar-refractivity contribution is 5.82. The van der Waals surface area contributed by atoms with Gasteiger partial charge in [-0.15, -0.1) is 13.2 Å². The number of hydrogen-bond donors (Lipinski definition) is 1. The standard InChI is InChI=1S/C19H17F3O4/c20-19(21,22)26-16-4-2-1-3-15(16)13-5-7-14(8-6-13)18(17(23)24)9-11-25-12-10-18/h1-8H,9-12H2,(H,23,24). The van der Waals surface area contributed by atoms with Gasteiger partial charge in [0.05, 0.1) is 5.41 Å². The summed E-state index contributed by atoms with van der Waals surface area (Å²) in [6.45, 7) is 0.715. The first-order valence-corrected chi connectivity index (χ1v) is 8.09. The molecular weight excluding hydrogens is 349 g/mol. The van der Waals surface area contributed by atoms with E-state index in [1.165, 1.54) is 18.2 Å².